The highest BCUT2D eigenvalue weighted by molar-refractivity contribution is 6.29. The maximum Gasteiger partial charge on any atom is 0.0459 e. The Kier molecular flexibility index (Phi) is 11.2. The van der Waals surface area contributed by atoms with Crippen LogP contribution < -0.4 is 0 Å². The Labute approximate surface area is 214 Å². The normalized spacial score (nSPS) is 22.5. The Hall–Kier alpha value is -1.09. The zero-order valence-corrected chi connectivity index (χ0v) is 22.9. The van der Waals surface area contributed by atoms with E-state index in [1.807, 2.05) is 0 Å². The van der Waals surface area contributed by atoms with Crippen molar-refractivity contribution in [2.45, 2.75) is 97.4 Å². The lowest BCUT2D eigenvalue weighted by Crippen LogP contribution is -2.44. The molecule has 1 fully saturated rings. The van der Waals surface area contributed by atoms with E-state index in [1.54, 1.807) is 5.57 Å². The molecule has 190 valence electrons. The first-order chi connectivity index (χ1) is 16.5. The fourth-order valence-corrected chi connectivity index (χ4v) is 6.26. The number of rotatable bonds is 14. The molecule has 0 heterocycles. The Morgan fingerprint density at radius 1 is 0.971 bits per heavy atom. The fraction of sp³-hybridized carbons (Fsp3) is 0.677. The average Bonchev–Trinajstić information content (AvgIpc) is 2.83. The van der Waals surface area contributed by atoms with Gasteiger partial charge in [0.2, 0.25) is 0 Å². The molecule has 0 aromatic heterocycles. The van der Waals surface area contributed by atoms with Crippen LogP contribution in [0.4, 0.5) is 0 Å². The molecule has 4 unspecified atom stereocenters. The average molecular weight is 486 g/mol. The molecule has 34 heavy (non-hydrogen) atoms. The number of hydrogen-bond donors (Lipinski definition) is 1. The Balaban J connectivity index is 1.80. The fourth-order valence-electron chi connectivity index (χ4n) is 6.03. The molecule has 0 bridgehead atoms. The van der Waals surface area contributed by atoms with E-state index in [2.05, 4.69) is 63.1 Å². The van der Waals surface area contributed by atoms with Gasteiger partial charge in [0.1, 0.15) is 0 Å². The summed E-state index contributed by atoms with van der Waals surface area (Å²) in [6.45, 7) is 8.24. The zero-order valence-electron chi connectivity index (χ0n) is 22.2. The lowest BCUT2D eigenvalue weighted by atomic mass is 9.69. The second-order valence-corrected chi connectivity index (χ2v) is 11.4. The SMILES string of the molecule is CCCC1=C(C(Cc2ccc(CCC)cc2)N(C)CC2CCC2CC(CC)CO)CCC(Cl)=C1. The van der Waals surface area contributed by atoms with E-state index in [1.165, 1.54) is 42.4 Å². The number of nitrogens with zero attached hydrogens (tertiary/aromatic N) is 1. The van der Waals surface area contributed by atoms with E-state index in [0.717, 1.165) is 68.4 Å². The van der Waals surface area contributed by atoms with E-state index in [-0.39, 0.29) is 0 Å². The monoisotopic (exact) mass is 485 g/mol. The van der Waals surface area contributed by atoms with Crippen molar-refractivity contribution in [1.82, 2.24) is 4.90 Å². The minimum Gasteiger partial charge on any atom is -0.396 e. The van der Waals surface area contributed by atoms with Crippen LogP contribution in [0.15, 0.2) is 46.5 Å². The van der Waals surface area contributed by atoms with Gasteiger partial charge in [-0.1, -0.05) is 75.9 Å². The first-order valence-corrected chi connectivity index (χ1v) is 14.3. The van der Waals surface area contributed by atoms with Gasteiger partial charge in [0.05, 0.1) is 0 Å². The molecule has 0 saturated heterocycles. The van der Waals surface area contributed by atoms with Crippen molar-refractivity contribution < 1.29 is 5.11 Å². The van der Waals surface area contributed by atoms with Gasteiger partial charge < -0.3 is 5.11 Å². The molecule has 2 aliphatic rings. The summed E-state index contributed by atoms with van der Waals surface area (Å²) >= 11 is 6.51. The van der Waals surface area contributed by atoms with Gasteiger partial charge in [-0.05, 0) is 105 Å². The van der Waals surface area contributed by atoms with Gasteiger partial charge in [0.25, 0.3) is 0 Å². The van der Waals surface area contributed by atoms with Gasteiger partial charge in [-0.25, -0.2) is 0 Å². The van der Waals surface area contributed by atoms with Gasteiger partial charge in [-0.15, -0.1) is 0 Å². The highest BCUT2D eigenvalue weighted by Crippen LogP contribution is 2.41. The van der Waals surface area contributed by atoms with E-state index >= 15 is 0 Å². The van der Waals surface area contributed by atoms with Crippen molar-refractivity contribution in [2.75, 3.05) is 20.2 Å². The van der Waals surface area contributed by atoms with E-state index < -0.39 is 0 Å². The predicted octanol–water partition coefficient (Wildman–Crippen LogP) is 7.93. The standard InChI is InChI=1S/C31H48ClNO/c1-5-8-24-10-12-25(13-11-24)19-31(30-17-16-29(32)20-27(30)9-6-2)33(4)21-28-15-14-26(28)18-23(7-3)22-34/h10-13,20,23,26,28,31,34H,5-9,14-19,21-22H2,1-4H3. The molecule has 0 spiro atoms. The zero-order chi connectivity index (χ0) is 24.5. The number of allylic oxidation sites excluding steroid dienone is 3. The maximum atomic E-state index is 9.71. The summed E-state index contributed by atoms with van der Waals surface area (Å²) in [5.74, 6) is 2.01. The highest BCUT2D eigenvalue weighted by atomic mass is 35.5. The lowest BCUT2D eigenvalue weighted by Gasteiger charge is -2.43. The number of halogens is 1. The summed E-state index contributed by atoms with van der Waals surface area (Å²) in [7, 11) is 2.35. The summed E-state index contributed by atoms with van der Waals surface area (Å²) in [5, 5.41) is 10.7. The third kappa shape index (κ3) is 7.45. The van der Waals surface area contributed by atoms with Crippen molar-refractivity contribution in [2.24, 2.45) is 17.8 Å². The second kappa shape index (κ2) is 13.9. The van der Waals surface area contributed by atoms with E-state index in [0.29, 0.717) is 18.6 Å². The second-order valence-electron chi connectivity index (χ2n) is 10.9. The van der Waals surface area contributed by atoms with Crippen molar-refractivity contribution >= 4 is 11.6 Å². The van der Waals surface area contributed by atoms with Crippen LogP contribution in [0.5, 0.6) is 0 Å². The molecular formula is C31H48ClNO. The number of likely N-dealkylation sites (N-methyl/N-ethyl adjacent to an activating group) is 1. The first kappa shape index (κ1) is 27.5. The largest absolute Gasteiger partial charge is 0.396 e. The molecule has 1 saturated carbocycles. The summed E-state index contributed by atoms with van der Waals surface area (Å²) in [6.07, 6.45) is 15.0. The summed E-state index contributed by atoms with van der Waals surface area (Å²) < 4.78 is 0. The molecule has 3 rings (SSSR count). The highest BCUT2D eigenvalue weighted by Gasteiger charge is 2.35. The molecule has 3 heteroatoms. The van der Waals surface area contributed by atoms with Crippen molar-refractivity contribution in [1.29, 1.82) is 0 Å². The first-order valence-electron chi connectivity index (χ1n) is 14.0. The van der Waals surface area contributed by atoms with E-state index in [9.17, 15) is 5.11 Å². The number of benzene rings is 1. The van der Waals surface area contributed by atoms with Crippen LogP contribution in [0.1, 0.15) is 89.7 Å². The van der Waals surface area contributed by atoms with Crippen molar-refractivity contribution in [3.63, 3.8) is 0 Å². The van der Waals surface area contributed by atoms with Crippen LogP contribution in [0, 0.1) is 17.8 Å². The van der Waals surface area contributed by atoms with Crippen molar-refractivity contribution in [3.8, 4) is 0 Å². The topological polar surface area (TPSA) is 23.5 Å². The van der Waals surface area contributed by atoms with Crippen LogP contribution in [0.3, 0.4) is 0 Å². The van der Waals surface area contributed by atoms with Crippen molar-refractivity contribution in [3.05, 3.63) is 57.6 Å². The number of aliphatic hydroxyl groups is 1. The number of aliphatic hydroxyl groups excluding tert-OH is 1. The quantitative estimate of drug-likeness (QED) is 0.289. The molecule has 1 N–H and O–H groups in total. The Bertz CT molecular complexity index is 807. The Morgan fingerprint density at radius 3 is 2.24 bits per heavy atom. The third-order valence-electron chi connectivity index (χ3n) is 8.39. The van der Waals surface area contributed by atoms with Gasteiger partial charge in [-0.3, -0.25) is 4.90 Å². The van der Waals surface area contributed by atoms with Gasteiger partial charge in [-0.2, -0.15) is 0 Å². The molecule has 0 aliphatic heterocycles. The molecule has 1 aromatic rings. The molecular weight excluding hydrogens is 438 g/mol. The van der Waals surface area contributed by atoms with Crippen LogP contribution >= 0.6 is 11.6 Å². The third-order valence-corrected chi connectivity index (χ3v) is 8.69. The molecule has 0 amide bonds. The predicted molar refractivity (Wildman–Crippen MR) is 147 cm³/mol. The Morgan fingerprint density at radius 2 is 1.65 bits per heavy atom. The maximum absolute atomic E-state index is 9.71. The van der Waals surface area contributed by atoms with Gasteiger partial charge >= 0.3 is 0 Å². The van der Waals surface area contributed by atoms with Gasteiger partial charge in [0.15, 0.2) is 0 Å². The van der Waals surface area contributed by atoms with Gasteiger partial charge in [0, 0.05) is 24.2 Å². The minimum atomic E-state index is 0.340. The van der Waals surface area contributed by atoms with Crippen LogP contribution in [0.25, 0.3) is 0 Å². The lowest BCUT2D eigenvalue weighted by molar-refractivity contribution is 0.0744. The summed E-state index contributed by atoms with van der Waals surface area (Å²) in [5.41, 5.74) is 5.98. The van der Waals surface area contributed by atoms with Crippen LogP contribution in [0.2, 0.25) is 0 Å². The van der Waals surface area contributed by atoms with E-state index in [4.69, 9.17) is 11.6 Å². The van der Waals surface area contributed by atoms with Crippen LogP contribution in [-0.4, -0.2) is 36.2 Å². The number of hydrogen-bond acceptors (Lipinski definition) is 2. The van der Waals surface area contributed by atoms with Crippen LogP contribution in [-0.2, 0) is 12.8 Å². The molecule has 2 aliphatic carbocycles. The summed E-state index contributed by atoms with van der Waals surface area (Å²) in [6, 6.07) is 9.81. The number of aryl methyl sites for hydroxylation is 1. The molecule has 4 atom stereocenters. The summed E-state index contributed by atoms with van der Waals surface area (Å²) in [4.78, 5) is 2.66. The minimum absolute atomic E-state index is 0.340. The molecule has 0 radical (unpaired) electrons. The molecule has 1 aromatic carbocycles. The molecule has 2 nitrogen and oxygen atoms in total. The smallest absolute Gasteiger partial charge is 0.0459 e.